The molecule has 1 heterocycles. The van der Waals surface area contributed by atoms with Crippen LogP contribution < -0.4 is 16.0 Å². The Labute approximate surface area is 144 Å². The summed E-state index contributed by atoms with van der Waals surface area (Å²) in [6.07, 6.45) is 5.50. The maximum atomic E-state index is 11.9. The zero-order valence-corrected chi connectivity index (χ0v) is 13.8. The standard InChI is InChI=1S/C17H18N4O2S/c22-16(11-24-15-7-9-18-10-8-15)19-12-1-3-13(4-2-12)20-17(23)21-14-5-6-14/h1-4,7-10,14H,5-6,11H2,(H,19,22)(H2,20,21,23). The molecule has 0 unspecified atom stereocenters. The van der Waals surface area contributed by atoms with Gasteiger partial charge in [0.15, 0.2) is 0 Å². The summed E-state index contributed by atoms with van der Waals surface area (Å²) in [7, 11) is 0. The number of thioether (sulfide) groups is 1. The second-order valence-corrected chi connectivity index (χ2v) is 6.52. The zero-order chi connectivity index (χ0) is 16.8. The molecule has 1 aromatic heterocycles. The predicted molar refractivity (Wildman–Crippen MR) is 95.2 cm³/mol. The van der Waals surface area contributed by atoms with E-state index >= 15 is 0 Å². The molecule has 124 valence electrons. The van der Waals surface area contributed by atoms with Crippen LogP contribution in [0.15, 0.2) is 53.7 Å². The van der Waals surface area contributed by atoms with Crippen molar-refractivity contribution in [3.63, 3.8) is 0 Å². The molecule has 1 saturated carbocycles. The monoisotopic (exact) mass is 342 g/mol. The number of pyridine rings is 1. The molecule has 24 heavy (non-hydrogen) atoms. The van der Waals surface area contributed by atoms with Crippen LogP contribution in [0.4, 0.5) is 16.2 Å². The topological polar surface area (TPSA) is 83.1 Å². The molecule has 2 aromatic rings. The molecular weight excluding hydrogens is 324 g/mol. The fourth-order valence-corrected chi connectivity index (χ4v) is 2.68. The van der Waals surface area contributed by atoms with Crippen LogP contribution in [-0.2, 0) is 4.79 Å². The van der Waals surface area contributed by atoms with Crippen molar-refractivity contribution in [3.05, 3.63) is 48.8 Å². The lowest BCUT2D eigenvalue weighted by Gasteiger charge is -2.08. The van der Waals surface area contributed by atoms with Crippen molar-refractivity contribution in [1.82, 2.24) is 10.3 Å². The molecule has 3 N–H and O–H groups in total. The number of nitrogens with one attached hydrogen (secondary N) is 3. The fraction of sp³-hybridized carbons (Fsp3) is 0.235. The lowest BCUT2D eigenvalue weighted by molar-refractivity contribution is -0.113. The third kappa shape index (κ3) is 5.27. The normalized spacial score (nSPS) is 13.2. The minimum Gasteiger partial charge on any atom is -0.335 e. The van der Waals surface area contributed by atoms with E-state index in [0.717, 1.165) is 17.7 Å². The Morgan fingerprint density at radius 3 is 2.25 bits per heavy atom. The smallest absolute Gasteiger partial charge is 0.319 e. The first-order chi connectivity index (χ1) is 11.7. The minimum absolute atomic E-state index is 0.0796. The highest BCUT2D eigenvalue weighted by Crippen LogP contribution is 2.20. The molecule has 1 aliphatic rings. The second kappa shape index (κ2) is 7.83. The average molecular weight is 342 g/mol. The van der Waals surface area contributed by atoms with Crippen LogP contribution >= 0.6 is 11.8 Å². The number of carbonyl (C=O) groups is 2. The lowest BCUT2D eigenvalue weighted by Crippen LogP contribution is -2.30. The van der Waals surface area contributed by atoms with Crippen molar-refractivity contribution >= 4 is 35.1 Å². The summed E-state index contributed by atoms with van der Waals surface area (Å²) >= 11 is 1.45. The summed E-state index contributed by atoms with van der Waals surface area (Å²) in [5.74, 6) is 0.248. The van der Waals surface area contributed by atoms with E-state index in [9.17, 15) is 9.59 Å². The van der Waals surface area contributed by atoms with E-state index in [1.54, 1.807) is 36.7 Å². The van der Waals surface area contributed by atoms with Gasteiger partial charge in [-0.15, -0.1) is 11.8 Å². The molecule has 1 fully saturated rings. The van der Waals surface area contributed by atoms with Crippen LogP contribution in [0.25, 0.3) is 0 Å². The largest absolute Gasteiger partial charge is 0.335 e. The molecule has 0 atom stereocenters. The Bertz CT molecular complexity index is 702. The van der Waals surface area contributed by atoms with Gasteiger partial charge in [0, 0.05) is 34.7 Å². The van der Waals surface area contributed by atoms with Gasteiger partial charge in [-0.1, -0.05) is 0 Å². The average Bonchev–Trinajstić information content (AvgIpc) is 3.39. The molecule has 0 bridgehead atoms. The highest BCUT2D eigenvalue weighted by Gasteiger charge is 2.23. The van der Waals surface area contributed by atoms with E-state index in [0.29, 0.717) is 23.2 Å². The van der Waals surface area contributed by atoms with Gasteiger partial charge in [0.05, 0.1) is 5.75 Å². The second-order valence-electron chi connectivity index (χ2n) is 5.47. The fourth-order valence-electron chi connectivity index (χ4n) is 2.00. The number of amides is 3. The Morgan fingerprint density at radius 1 is 1.00 bits per heavy atom. The molecule has 7 heteroatoms. The van der Waals surface area contributed by atoms with Gasteiger partial charge in [0.25, 0.3) is 0 Å². The number of urea groups is 1. The van der Waals surface area contributed by atoms with Gasteiger partial charge < -0.3 is 16.0 Å². The first-order valence-corrected chi connectivity index (χ1v) is 8.68. The molecule has 0 saturated heterocycles. The van der Waals surface area contributed by atoms with E-state index in [2.05, 4.69) is 20.9 Å². The van der Waals surface area contributed by atoms with Gasteiger partial charge in [0.1, 0.15) is 0 Å². The Hall–Kier alpha value is -2.54. The molecule has 0 spiro atoms. The Kier molecular flexibility index (Phi) is 5.32. The maximum absolute atomic E-state index is 11.9. The number of nitrogens with zero attached hydrogens (tertiary/aromatic N) is 1. The molecule has 1 aliphatic carbocycles. The first-order valence-electron chi connectivity index (χ1n) is 7.69. The van der Waals surface area contributed by atoms with Gasteiger partial charge in [-0.3, -0.25) is 9.78 Å². The number of carbonyl (C=O) groups excluding carboxylic acids is 2. The molecule has 0 radical (unpaired) electrons. The van der Waals surface area contributed by atoms with E-state index in [1.165, 1.54) is 11.8 Å². The van der Waals surface area contributed by atoms with Crippen LogP contribution in [0.1, 0.15) is 12.8 Å². The third-order valence-electron chi connectivity index (χ3n) is 3.36. The lowest BCUT2D eigenvalue weighted by atomic mass is 10.3. The molecule has 3 amide bonds. The van der Waals surface area contributed by atoms with Gasteiger partial charge in [-0.05, 0) is 49.2 Å². The SMILES string of the molecule is O=C(CSc1ccncc1)Nc1ccc(NC(=O)NC2CC2)cc1. The van der Waals surface area contributed by atoms with Crippen LogP contribution in [-0.4, -0.2) is 28.7 Å². The van der Waals surface area contributed by atoms with Gasteiger partial charge in [-0.2, -0.15) is 0 Å². The van der Waals surface area contributed by atoms with E-state index in [4.69, 9.17) is 0 Å². The first kappa shape index (κ1) is 16.3. The maximum Gasteiger partial charge on any atom is 0.319 e. The highest BCUT2D eigenvalue weighted by molar-refractivity contribution is 8.00. The van der Waals surface area contributed by atoms with E-state index < -0.39 is 0 Å². The predicted octanol–water partition coefficient (Wildman–Crippen LogP) is 3.10. The molecule has 0 aliphatic heterocycles. The minimum atomic E-state index is -0.192. The quantitative estimate of drug-likeness (QED) is 0.705. The van der Waals surface area contributed by atoms with Crippen molar-refractivity contribution < 1.29 is 9.59 Å². The van der Waals surface area contributed by atoms with Crippen molar-refractivity contribution in [2.45, 2.75) is 23.8 Å². The van der Waals surface area contributed by atoms with Crippen LogP contribution in [0.3, 0.4) is 0 Å². The van der Waals surface area contributed by atoms with Crippen molar-refractivity contribution in [2.24, 2.45) is 0 Å². The summed E-state index contributed by atoms with van der Waals surface area (Å²) in [4.78, 5) is 28.5. The summed E-state index contributed by atoms with van der Waals surface area (Å²) in [5, 5.41) is 8.45. The van der Waals surface area contributed by atoms with Gasteiger partial charge in [0.2, 0.25) is 5.91 Å². The van der Waals surface area contributed by atoms with Crippen LogP contribution in [0.5, 0.6) is 0 Å². The van der Waals surface area contributed by atoms with Crippen LogP contribution in [0.2, 0.25) is 0 Å². The Morgan fingerprint density at radius 2 is 1.62 bits per heavy atom. The third-order valence-corrected chi connectivity index (χ3v) is 4.37. The summed E-state index contributed by atoms with van der Waals surface area (Å²) in [6.45, 7) is 0. The number of aromatic nitrogens is 1. The summed E-state index contributed by atoms with van der Waals surface area (Å²) in [5.41, 5.74) is 1.39. The molecule has 1 aromatic carbocycles. The van der Waals surface area contributed by atoms with Crippen molar-refractivity contribution in [1.29, 1.82) is 0 Å². The molecule has 3 rings (SSSR count). The van der Waals surface area contributed by atoms with Gasteiger partial charge in [-0.25, -0.2) is 4.79 Å². The van der Waals surface area contributed by atoms with E-state index in [1.807, 2.05) is 12.1 Å². The number of hydrogen-bond donors (Lipinski definition) is 3. The number of anilines is 2. The Balaban J connectivity index is 1.44. The van der Waals surface area contributed by atoms with Crippen LogP contribution in [0, 0.1) is 0 Å². The number of benzene rings is 1. The highest BCUT2D eigenvalue weighted by atomic mass is 32.2. The molecule has 6 nitrogen and oxygen atoms in total. The zero-order valence-electron chi connectivity index (χ0n) is 13.0. The van der Waals surface area contributed by atoms with Crippen molar-refractivity contribution in [3.8, 4) is 0 Å². The number of hydrogen-bond acceptors (Lipinski definition) is 4. The van der Waals surface area contributed by atoms with Crippen molar-refractivity contribution in [2.75, 3.05) is 16.4 Å². The molecular formula is C17H18N4O2S. The van der Waals surface area contributed by atoms with Gasteiger partial charge >= 0.3 is 6.03 Å². The summed E-state index contributed by atoms with van der Waals surface area (Å²) in [6, 6.07) is 10.9. The summed E-state index contributed by atoms with van der Waals surface area (Å²) < 4.78 is 0. The van der Waals surface area contributed by atoms with E-state index in [-0.39, 0.29) is 11.9 Å². The number of rotatable bonds is 6.